The molecule has 68 valence electrons. The number of nitrogens with one attached hydrogen (secondary N) is 1. The molecule has 3 nitrogen and oxygen atoms in total. The zero-order chi connectivity index (χ0) is 9.80. The summed E-state index contributed by atoms with van der Waals surface area (Å²) in [4.78, 5) is 4.01. The minimum Gasteiger partial charge on any atom is -0.366 e. The van der Waals surface area contributed by atoms with Gasteiger partial charge in [-0.05, 0) is 12.1 Å². The number of nitrogens with zero attached hydrogens (tertiary/aromatic N) is 2. The zero-order valence-electron chi connectivity index (χ0n) is 7.57. The molecule has 0 fully saturated rings. The molecule has 1 aromatic rings. The Bertz CT molecular complexity index is 438. The van der Waals surface area contributed by atoms with Crippen LogP contribution in [0.5, 0.6) is 0 Å². The van der Waals surface area contributed by atoms with E-state index in [0.717, 1.165) is 11.3 Å². The largest absolute Gasteiger partial charge is 0.366 e. The summed E-state index contributed by atoms with van der Waals surface area (Å²) in [5, 5.41) is 12.0. The number of benzene rings is 1. The van der Waals surface area contributed by atoms with Gasteiger partial charge in [-0.2, -0.15) is 5.26 Å². The topological polar surface area (TPSA) is 48.2 Å². The third-order valence-corrected chi connectivity index (χ3v) is 2.05. The fraction of sp³-hybridized carbons (Fsp3) is 0.0909. The highest BCUT2D eigenvalue weighted by Gasteiger charge is 2.06. The van der Waals surface area contributed by atoms with Crippen molar-refractivity contribution in [2.75, 3.05) is 6.67 Å². The lowest BCUT2D eigenvalue weighted by molar-refractivity contribution is 0.898. The molecule has 14 heavy (non-hydrogen) atoms. The van der Waals surface area contributed by atoms with Crippen molar-refractivity contribution >= 4 is 11.9 Å². The Morgan fingerprint density at radius 3 is 2.93 bits per heavy atom. The monoisotopic (exact) mass is 183 g/mol. The number of hydrogen-bond acceptors (Lipinski definition) is 3. The summed E-state index contributed by atoms with van der Waals surface area (Å²) in [6.07, 6.45) is 3.62. The zero-order valence-corrected chi connectivity index (χ0v) is 7.57. The van der Waals surface area contributed by atoms with Gasteiger partial charge in [0.1, 0.15) is 6.67 Å². The summed E-state index contributed by atoms with van der Waals surface area (Å²) in [6.45, 7) is 0.575. The van der Waals surface area contributed by atoms with Crippen LogP contribution in [0.3, 0.4) is 0 Å². The SMILES string of the molecule is N#Cc1ccccc1C1=CC=NCN1. The fourth-order valence-electron chi connectivity index (χ4n) is 1.37. The molecule has 0 saturated carbocycles. The molecule has 0 aromatic heterocycles. The summed E-state index contributed by atoms with van der Waals surface area (Å²) in [5.74, 6) is 0. The van der Waals surface area contributed by atoms with Gasteiger partial charge in [0.15, 0.2) is 0 Å². The molecule has 0 amide bonds. The lowest BCUT2D eigenvalue weighted by atomic mass is 10.1. The standard InChI is InChI=1S/C11H9N3/c12-7-9-3-1-2-4-10(9)11-5-6-13-8-14-11/h1-6,14H,8H2. The second kappa shape index (κ2) is 3.75. The van der Waals surface area contributed by atoms with Crippen molar-refractivity contribution in [2.45, 2.75) is 0 Å². The van der Waals surface area contributed by atoms with Crippen molar-refractivity contribution in [1.82, 2.24) is 5.32 Å². The normalized spacial score (nSPS) is 14.1. The van der Waals surface area contributed by atoms with Crippen LogP contribution in [0.1, 0.15) is 11.1 Å². The van der Waals surface area contributed by atoms with E-state index in [4.69, 9.17) is 5.26 Å². The van der Waals surface area contributed by atoms with Crippen molar-refractivity contribution in [1.29, 1.82) is 5.26 Å². The Balaban J connectivity index is 2.46. The fourth-order valence-corrected chi connectivity index (χ4v) is 1.37. The number of hydrogen-bond donors (Lipinski definition) is 1. The van der Waals surface area contributed by atoms with E-state index in [2.05, 4.69) is 16.4 Å². The van der Waals surface area contributed by atoms with E-state index < -0.39 is 0 Å². The number of nitriles is 1. The lowest BCUT2D eigenvalue weighted by Crippen LogP contribution is -2.16. The third-order valence-electron chi connectivity index (χ3n) is 2.05. The van der Waals surface area contributed by atoms with Gasteiger partial charge in [-0.15, -0.1) is 0 Å². The molecule has 2 rings (SSSR count). The van der Waals surface area contributed by atoms with Crippen LogP contribution in [0.15, 0.2) is 35.3 Å². The summed E-state index contributed by atoms with van der Waals surface area (Å²) in [6, 6.07) is 9.69. The predicted molar refractivity (Wildman–Crippen MR) is 55.6 cm³/mol. The number of rotatable bonds is 1. The van der Waals surface area contributed by atoms with Gasteiger partial charge in [-0.3, -0.25) is 4.99 Å². The Labute approximate surface area is 82.4 Å². The van der Waals surface area contributed by atoms with Crippen LogP contribution in [0, 0.1) is 11.3 Å². The van der Waals surface area contributed by atoms with E-state index in [1.54, 1.807) is 6.21 Å². The molecule has 0 aliphatic carbocycles. The maximum Gasteiger partial charge on any atom is 0.107 e. The molecule has 0 saturated heterocycles. The number of aliphatic imine (C=N–C) groups is 1. The first kappa shape index (κ1) is 8.52. The second-order valence-corrected chi connectivity index (χ2v) is 2.90. The average molecular weight is 183 g/mol. The molecule has 1 aliphatic heterocycles. The molecule has 0 atom stereocenters. The third kappa shape index (κ3) is 1.50. The molecule has 1 aliphatic rings. The van der Waals surface area contributed by atoms with E-state index in [0.29, 0.717) is 12.2 Å². The quantitative estimate of drug-likeness (QED) is 0.717. The summed E-state index contributed by atoms with van der Waals surface area (Å²) in [5.41, 5.74) is 2.57. The van der Waals surface area contributed by atoms with Gasteiger partial charge >= 0.3 is 0 Å². The molecule has 0 unspecified atom stereocenters. The Kier molecular flexibility index (Phi) is 2.28. The molecular weight excluding hydrogens is 174 g/mol. The minimum absolute atomic E-state index is 0.575. The first-order valence-corrected chi connectivity index (χ1v) is 4.35. The van der Waals surface area contributed by atoms with E-state index >= 15 is 0 Å². The molecular formula is C11H9N3. The van der Waals surface area contributed by atoms with Gasteiger partial charge in [0.2, 0.25) is 0 Å². The maximum absolute atomic E-state index is 8.91. The van der Waals surface area contributed by atoms with Gasteiger partial charge in [0.25, 0.3) is 0 Å². The minimum atomic E-state index is 0.575. The Hall–Kier alpha value is -2.08. The molecule has 0 radical (unpaired) electrons. The molecule has 3 heteroatoms. The van der Waals surface area contributed by atoms with Crippen LogP contribution in [0.2, 0.25) is 0 Å². The molecule has 1 aromatic carbocycles. The van der Waals surface area contributed by atoms with E-state index in [9.17, 15) is 0 Å². The van der Waals surface area contributed by atoms with Gasteiger partial charge in [-0.25, -0.2) is 0 Å². The summed E-state index contributed by atoms with van der Waals surface area (Å²) in [7, 11) is 0. The highest BCUT2D eigenvalue weighted by atomic mass is 15.0. The molecule has 0 spiro atoms. The van der Waals surface area contributed by atoms with Gasteiger partial charge in [0.05, 0.1) is 11.6 Å². The van der Waals surface area contributed by atoms with Crippen molar-refractivity contribution < 1.29 is 0 Å². The summed E-state index contributed by atoms with van der Waals surface area (Å²) >= 11 is 0. The van der Waals surface area contributed by atoms with Crippen LogP contribution in [0.4, 0.5) is 0 Å². The molecule has 0 bridgehead atoms. The van der Waals surface area contributed by atoms with E-state index in [1.165, 1.54) is 0 Å². The Morgan fingerprint density at radius 2 is 2.21 bits per heavy atom. The predicted octanol–water partition coefficient (Wildman–Crippen LogP) is 1.53. The van der Waals surface area contributed by atoms with Crippen molar-refractivity contribution in [2.24, 2.45) is 4.99 Å². The van der Waals surface area contributed by atoms with Gasteiger partial charge in [0, 0.05) is 17.5 Å². The van der Waals surface area contributed by atoms with Crippen LogP contribution >= 0.6 is 0 Å². The van der Waals surface area contributed by atoms with E-state index in [1.807, 2.05) is 30.3 Å². The highest BCUT2D eigenvalue weighted by molar-refractivity contribution is 5.86. The maximum atomic E-state index is 8.91. The smallest absolute Gasteiger partial charge is 0.107 e. The van der Waals surface area contributed by atoms with Crippen molar-refractivity contribution in [3.63, 3.8) is 0 Å². The molecule has 1 N–H and O–H groups in total. The van der Waals surface area contributed by atoms with Crippen LogP contribution in [-0.2, 0) is 0 Å². The second-order valence-electron chi connectivity index (χ2n) is 2.90. The molecule has 1 heterocycles. The average Bonchev–Trinajstić information content (AvgIpc) is 2.30. The van der Waals surface area contributed by atoms with Crippen LogP contribution in [0.25, 0.3) is 5.70 Å². The van der Waals surface area contributed by atoms with Gasteiger partial charge < -0.3 is 5.32 Å². The van der Waals surface area contributed by atoms with Crippen LogP contribution < -0.4 is 5.32 Å². The summed E-state index contributed by atoms with van der Waals surface area (Å²) < 4.78 is 0. The Morgan fingerprint density at radius 1 is 1.36 bits per heavy atom. The highest BCUT2D eigenvalue weighted by Crippen LogP contribution is 2.16. The first-order chi connectivity index (χ1) is 6.92. The van der Waals surface area contributed by atoms with Crippen molar-refractivity contribution in [3.8, 4) is 6.07 Å². The first-order valence-electron chi connectivity index (χ1n) is 4.35. The van der Waals surface area contributed by atoms with E-state index in [-0.39, 0.29) is 0 Å². The van der Waals surface area contributed by atoms with Crippen LogP contribution in [-0.4, -0.2) is 12.9 Å². The number of allylic oxidation sites excluding steroid dienone is 1. The lowest BCUT2D eigenvalue weighted by Gasteiger charge is -2.12. The van der Waals surface area contributed by atoms with Gasteiger partial charge in [-0.1, -0.05) is 18.2 Å². The van der Waals surface area contributed by atoms with Crippen molar-refractivity contribution in [3.05, 3.63) is 41.5 Å².